The highest BCUT2D eigenvalue weighted by atomic mass is 16.5. The van der Waals surface area contributed by atoms with Gasteiger partial charge < -0.3 is 25.0 Å². The van der Waals surface area contributed by atoms with Gasteiger partial charge in [0.15, 0.2) is 11.5 Å². The molecule has 0 spiro atoms. The van der Waals surface area contributed by atoms with Crippen molar-refractivity contribution in [1.82, 2.24) is 10.2 Å². The predicted octanol–water partition coefficient (Wildman–Crippen LogP) is 2.95. The van der Waals surface area contributed by atoms with E-state index in [9.17, 15) is 4.79 Å². The Morgan fingerprint density at radius 1 is 1.29 bits per heavy atom. The molecule has 1 atom stereocenters. The average Bonchev–Trinajstić information content (AvgIpc) is 2.60. The molecule has 0 aliphatic carbocycles. The minimum Gasteiger partial charge on any atom is -0.493 e. The molecule has 0 aromatic heterocycles. The van der Waals surface area contributed by atoms with Crippen molar-refractivity contribution in [2.75, 3.05) is 39.2 Å². The second kappa shape index (κ2) is 8.78. The van der Waals surface area contributed by atoms with Crippen molar-refractivity contribution in [2.24, 2.45) is 5.92 Å². The molecular weight excluding hydrogens is 306 g/mol. The lowest BCUT2D eigenvalue weighted by Gasteiger charge is -2.35. The third-order valence-electron chi connectivity index (χ3n) is 4.47. The van der Waals surface area contributed by atoms with Gasteiger partial charge in [-0.25, -0.2) is 4.79 Å². The molecule has 2 rings (SSSR count). The zero-order valence-corrected chi connectivity index (χ0v) is 15.1. The van der Waals surface area contributed by atoms with E-state index in [0.29, 0.717) is 35.7 Å². The number of rotatable bonds is 6. The number of nitrogens with zero attached hydrogens (tertiary/aromatic N) is 1. The number of benzene rings is 1. The highest BCUT2D eigenvalue weighted by Gasteiger charge is 2.21. The van der Waals surface area contributed by atoms with E-state index in [-0.39, 0.29) is 6.03 Å². The molecule has 134 valence electrons. The Labute approximate surface area is 144 Å². The second-order valence-corrected chi connectivity index (χ2v) is 6.50. The van der Waals surface area contributed by atoms with Crippen LogP contribution in [-0.4, -0.2) is 50.8 Å². The number of likely N-dealkylation sites (tertiary alicyclic amines) is 1. The average molecular weight is 335 g/mol. The summed E-state index contributed by atoms with van der Waals surface area (Å²) in [7, 11) is 3.16. The fourth-order valence-electron chi connectivity index (χ4n) is 3.06. The Morgan fingerprint density at radius 2 is 2.04 bits per heavy atom. The van der Waals surface area contributed by atoms with Crippen LogP contribution < -0.4 is 20.1 Å². The molecule has 1 aliphatic heterocycles. The van der Waals surface area contributed by atoms with Gasteiger partial charge in [0.2, 0.25) is 0 Å². The first-order chi connectivity index (χ1) is 11.5. The molecule has 1 heterocycles. The van der Waals surface area contributed by atoms with Gasteiger partial charge >= 0.3 is 6.03 Å². The zero-order chi connectivity index (χ0) is 17.5. The van der Waals surface area contributed by atoms with Crippen molar-refractivity contribution in [3.05, 3.63) is 18.2 Å². The quantitative estimate of drug-likeness (QED) is 0.839. The lowest BCUT2D eigenvalue weighted by atomic mass is 9.97. The fraction of sp³-hybridized carbons (Fsp3) is 0.611. The number of amides is 2. The minimum absolute atomic E-state index is 0.191. The van der Waals surface area contributed by atoms with Crippen LogP contribution in [0.4, 0.5) is 10.5 Å². The van der Waals surface area contributed by atoms with E-state index in [1.807, 2.05) is 0 Å². The maximum absolute atomic E-state index is 12.1. The molecule has 2 amide bonds. The summed E-state index contributed by atoms with van der Waals surface area (Å²) in [4.78, 5) is 14.6. The van der Waals surface area contributed by atoms with Crippen molar-refractivity contribution in [2.45, 2.75) is 32.7 Å². The fourth-order valence-corrected chi connectivity index (χ4v) is 3.06. The van der Waals surface area contributed by atoms with Crippen LogP contribution in [0.1, 0.15) is 26.7 Å². The van der Waals surface area contributed by atoms with Crippen molar-refractivity contribution >= 4 is 11.7 Å². The molecule has 0 saturated carbocycles. The number of methoxy groups -OCH3 is 2. The van der Waals surface area contributed by atoms with Crippen LogP contribution in [0, 0.1) is 5.92 Å². The minimum atomic E-state index is -0.191. The standard InChI is InChI=1S/C18H29N3O3/c1-13(2)21-9-5-6-14(12-21)11-19-18(22)20-15-7-8-16(23-3)17(10-15)24-4/h7-8,10,13-14H,5-6,9,11-12H2,1-4H3,(H2,19,20,22)/t14-/m1/s1. The number of urea groups is 1. The van der Waals surface area contributed by atoms with Gasteiger partial charge in [0.05, 0.1) is 14.2 Å². The summed E-state index contributed by atoms with van der Waals surface area (Å²) in [5.41, 5.74) is 0.678. The molecule has 1 fully saturated rings. The van der Waals surface area contributed by atoms with E-state index in [0.717, 1.165) is 13.1 Å². The van der Waals surface area contributed by atoms with E-state index in [4.69, 9.17) is 9.47 Å². The molecule has 0 radical (unpaired) electrons. The summed E-state index contributed by atoms with van der Waals surface area (Å²) in [5, 5.41) is 5.82. The monoisotopic (exact) mass is 335 g/mol. The number of ether oxygens (including phenoxy) is 2. The van der Waals surface area contributed by atoms with Crippen LogP contribution >= 0.6 is 0 Å². The summed E-state index contributed by atoms with van der Waals surface area (Å²) in [6.45, 7) is 7.35. The normalized spacial score (nSPS) is 18.3. The van der Waals surface area contributed by atoms with Crippen molar-refractivity contribution < 1.29 is 14.3 Å². The summed E-state index contributed by atoms with van der Waals surface area (Å²) in [6.07, 6.45) is 2.36. The second-order valence-electron chi connectivity index (χ2n) is 6.50. The summed E-state index contributed by atoms with van der Waals surface area (Å²) < 4.78 is 10.4. The maximum Gasteiger partial charge on any atom is 0.319 e. The summed E-state index contributed by atoms with van der Waals surface area (Å²) in [6, 6.07) is 5.69. The van der Waals surface area contributed by atoms with Gasteiger partial charge in [-0.05, 0) is 51.3 Å². The van der Waals surface area contributed by atoms with Crippen molar-refractivity contribution in [3.8, 4) is 11.5 Å². The number of hydrogen-bond acceptors (Lipinski definition) is 4. The lowest BCUT2D eigenvalue weighted by Crippen LogP contribution is -2.44. The molecule has 0 bridgehead atoms. The third-order valence-corrected chi connectivity index (χ3v) is 4.47. The van der Waals surface area contributed by atoms with Crippen LogP contribution in [-0.2, 0) is 0 Å². The maximum atomic E-state index is 12.1. The van der Waals surface area contributed by atoms with E-state index >= 15 is 0 Å². The first-order valence-corrected chi connectivity index (χ1v) is 8.54. The molecule has 6 nitrogen and oxygen atoms in total. The van der Waals surface area contributed by atoms with Crippen LogP contribution in [0.3, 0.4) is 0 Å². The largest absolute Gasteiger partial charge is 0.493 e. The van der Waals surface area contributed by atoms with Gasteiger partial charge in [-0.2, -0.15) is 0 Å². The number of piperidine rings is 1. The van der Waals surface area contributed by atoms with Gasteiger partial charge in [-0.3, -0.25) is 0 Å². The zero-order valence-electron chi connectivity index (χ0n) is 15.1. The molecule has 1 aliphatic rings. The Hall–Kier alpha value is -1.95. The van der Waals surface area contributed by atoms with Gasteiger partial charge in [-0.15, -0.1) is 0 Å². The van der Waals surface area contributed by atoms with Crippen LogP contribution in [0.2, 0.25) is 0 Å². The lowest BCUT2D eigenvalue weighted by molar-refractivity contribution is 0.139. The topological polar surface area (TPSA) is 62.8 Å². The molecule has 2 N–H and O–H groups in total. The van der Waals surface area contributed by atoms with Crippen molar-refractivity contribution in [1.29, 1.82) is 0 Å². The first kappa shape index (κ1) is 18.4. The van der Waals surface area contributed by atoms with Gasteiger partial charge in [0, 0.05) is 30.9 Å². The predicted molar refractivity (Wildman–Crippen MR) is 96.0 cm³/mol. The Bertz CT molecular complexity index is 548. The van der Waals surface area contributed by atoms with Crippen LogP contribution in [0.5, 0.6) is 11.5 Å². The molecule has 1 aromatic carbocycles. The molecule has 6 heteroatoms. The van der Waals surface area contributed by atoms with Gasteiger partial charge in [0.1, 0.15) is 0 Å². The number of carbonyl (C=O) groups is 1. The van der Waals surface area contributed by atoms with E-state index < -0.39 is 0 Å². The Morgan fingerprint density at radius 3 is 2.71 bits per heavy atom. The highest BCUT2D eigenvalue weighted by Crippen LogP contribution is 2.29. The molecule has 1 aromatic rings. The molecule has 1 saturated heterocycles. The van der Waals surface area contributed by atoms with Gasteiger partial charge in [0.25, 0.3) is 0 Å². The number of anilines is 1. The highest BCUT2D eigenvalue weighted by molar-refractivity contribution is 5.89. The third kappa shape index (κ3) is 5.03. The molecular formula is C18H29N3O3. The summed E-state index contributed by atoms with van der Waals surface area (Å²) >= 11 is 0. The number of carbonyl (C=O) groups excluding carboxylic acids is 1. The molecule has 24 heavy (non-hydrogen) atoms. The number of nitrogens with one attached hydrogen (secondary N) is 2. The summed E-state index contributed by atoms with van der Waals surface area (Å²) in [5.74, 6) is 1.74. The van der Waals surface area contributed by atoms with Gasteiger partial charge in [-0.1, -0.05) is 0 Å². The first-order valence-electron chi connectivity index (χ1n) is 8.54. The van der Waals surface area contributed by atoms with Crippen LogP contribution in [0.15, 0.2) is 18.2 Å². The smallest absolute Gasteiger partial charge is 0.319 e. The molecule has 0 unspecified atom stereocenters. The Kier molecular flexibility index (Phi) is 6.73. The SMILES string of the molecule is COc1ccc(NC(=O)NC[C@H]2CCCN(C(C)C)C2)cc1OC. The number of hydrogen-bond donors (Lipinski definition) is 2. The Balaban J connectivity index is 1.83. The van der Waals surface area contributed by atoms with Crippen LogP contribution in [0.25, 0.3) is 0 Å². The van der Waals surface area contributed by atoms with Crippen molar-refractivity contribution in [3.63, 3.8) is 0 Å². The van der Waals surface area contributed by atoms with E-state index in [1.165, 1.54) is 12.8 Å². The van der Waals surface area contributed by atoms with E-state index in [2.05, 4.69) is 29.4 Å². The van der Waals surface area contributed by atoms with E-state index in [1.54, 1.807) is 32.4 Å².